The average molecular weight is 232 g/mol. The van der Waals surface area contributed by atoms with Crippen molar-refractivity contribution in [2.75, 3.05) is 7.11 Å². The highest BCUT2D eigenvalue weighted by Gasteiger charge is 2.07. The Labute approximate surface area is 98.2 Å². The Morgan fingerprint density at radius 2 is 2.18 bits per heavy atom. The molecule has 1 heterocycles. The Kier molecular flexibility index (Phi) is 3.34. The second-order valence-electron chi connectivity index (χ2n) is 3.32. The van der Waals surface area contributed by atoms with E-state index in [4.69, 9.17) is 0 Å². The highest BCUT2D eigenvalue weighted by molar-refractivity contribution is 5.66. The first kappa shape index (κ1) is 11.1. The van der Waals surface area contributed by atoms with E-state index in [0.29, 0.717) is 6.54 Å². The van der Waals surface area contributed by atoms with E-state index in [1.807, 2.05) is 30.3 Å². The van der Waals surface area contributed by atoms with Gasteiger partial charge in [0.25, 0.3) is 0 Å². The van der Waals surface area contributed by atoms with E-state index in [0.717, 1.165) is 11.4 Å². The molecule has 0 aliphatic rings. The number of carbonyl (C=O) groups is 1. The molecule has 0 fully saturated rings. The number of alkyl carbamates (subject to hydrolysis) is 1. The summed E-state index contributed by atoms with van der Waals surface area (Å²) in [6.45, 7) is 0.314. The minimum absolute atomic E-state index is 0.314. The first-order valence-electron chi connectivity index (χ1n) is 5.08. The van der Waals surface area contributed by atoms with Crippen LogP contribution in [0.1, 0.15) is 5.69 Å². The maximum atomic E-state index is 11.0. The number of methoxy groups -OCH3 is 1. The van der Waals surface area contributed by atoms with E-state index in [2.05, 4.69) is 20.4 Å². The SMILES string of the molecule is COC(=O)NCc1cnnn1-c1ccccc1. The predicted molar refractivity (Wildman–Crippen MR) is 60.6 cm³/mol. The quantitative estimate of drug-likeness (QED) is 0.861. The summed E-state index contributed by atoms with van der Waals surface area (Å²) >= 11 is 0. The van der Waals surface area contributed by atoms with Crippen LogP contribution < -0.4 is 5.32 Å². The number of benzene rings is 1. The predicted octanol–water partition coefficient (Wildman–Crippen LogP) is 1.12. The number of ether oxygens (including phenoxy) is 1. The zero-order valence-electron chi connectivity index (χ0n) is 9.33. The summed E-state index contributed by atoms with van der Waals surface area (Å²) in [5.41, 5.74) is 1.67. The van der Waals surface area contributed by atoms with Gasteiger partial charge in [-0.25, -0.2) is 9.48 Å². The molecular formula is C11H12N4O2. The molecule has 0 atom stereocenters. The summed E-state index contributed by atoms with van der Waals surface area (Å²) in [6, 6.07) is 9.57. The van der Waals surface area contributed by atoms with E-state index in [1.54, 1.807) is 10.9 Å². The van der Waals surface area contributed by atoms with Gasteiger partial charge in [0.2, 0.25) is 0 Å². The van der Waals surface area contributed by atoms with Crippen LogP contribution in [0.15, 0.2) is 36.5 Å². The van der Waals surface area contributed by atoms with E-state index in [9.17, 15) is 4.79 Å². The van der Waals surface area contributed by atoms with Crippen LogP contribution in [0.4, 0.5) is 4.79 Å². The number of amides is 1. The Bertz CT molecular complexity index is 495. The molecule has 88 valence electrons. The second-order valence-corrected chi connectivity index (χ2v) is 3.32. The molecule has 2 rings (SSSR count). The molecule has 0 saturated heterocycles. The van der Waals surface area contributed by atoms with Crippen LogP contribution in [-0.2, 0) is 11.3 Å². The molecule has 1 aromatic carbocycles. The Hall–Kier alpha value is -2.37. The molecule has 0 unspecified atom stereocenters. The van der Waals surface area contributed by atoms with Gasteiger partial charge in [0.05, 0.1) is 31.2 Å². The van der Waals surface area contributed by atoms with Crippen molar-refractivity contribution in [1.29, 1.82) is 0 Å². The van der Waals surface area contributed by atoms with Crippen molar-refractivity contribution in [3.63, 3.8) is 0 Å². The Morgan fingerprint density at radius 3 is 2.88 bits per heavy atom. The average Bonchev–Trinajstić information content (AvgIpc) is 2.85. The number of hydrogen-bond donors (Lipinski definition) is 1. The molecule has 17 heavy (non-hydrogen) atoms. The van der Waals surface area contributed by atoms with Gasteiger partial charge in [0.1, 0.15) is 0 Å². The van der Waals surface area contributed by atoms with Gasteiger partial charge >= 0.3 is 6.09 Å². The fourth-order valence-corrected chi connectivity index (χ4v) is 1.40. The van der Waals surface area contributed by atoms with Crippen molar-refractivity contribution in [2.45, 2.75) is 6.54 Å². The van der Waals surface area contributed by atoms with Gasteiger partial charge in [-0.05, 0) is 12.1 Å². The molecule has 6 nitrogen and oxygen atoms in total. The third-order valence-electron chi connectivity index (χ3n) is 2.22. The molecular weight excluding hydrogens is 220 g/mol. The van der Waals surface area contributed by atoms with E-state index in [-0.39, 0.29) is 0 Å². The molecule has 1 N–H and O–H groups in total. The van der Waals surface area contributed by atoms with Crippen molar-refractivity contribution >= 4 is 6.09 Å². The largest absolute Gasteiger partial charge is 0.453 e. The summed E-state index contributed by atoms with van der Waals surface area (Å²) in [4.78, 5) is 11.0. The lowest BCUT2D eigenvalue weighted by atomic mass is 10.3. The lowest BCUT2D eigenvalue weighted by Gasteiger charge is -2.06. The monoisotopic (exact) mass is 232 g/mol. The van der Waals surface area contributed by atoms with E-state index in [1.165, 1.54) is 7.11 Å². The number of rotatable bonds is 3. The third-order valence-corrected chi connectivity index (χ3v) is 2.22. The van der Waals surface area contributed by atoms with Crippen LogP contribution >= 0.6 is 0 Å². The van der Waals surface area contributed by atoms with Gasteiger partial charge in [-0.2, -0.15) is 0 Å². The number of carbonyl (C=O) groups excluding carboxylic acids is 1. The maximum absolute atomic E-state index is 11.0. The van der Waals surface area contributed by atoms with Crippen molar-refractivity contribution in [1.82, 2.24) is 20.3 Å². The van der Waals surface area contributed by atoms with Crippen LogP contribution in [-0.4, -0.2) is 28.2 Å². The summed E-state index contributed by atoms with van der Waals surface area (Å²) in [5.74, 6) is 0. The van der Waals surface area contributed by atoms with Crippen LogP contribution in [0.3, 0.4) is 0 Å². The summed E-state index contributed by atoms with van der Waals surface area (Å²) in [7, 11) is 1.32. The minimum atomic E-state index is -0.481. The van der Waals surface area contributed by atoms with Crippen LogP contribution in [0.5, 0.6) is 0 Å². The van der Waals surface area contributed by atoms with E-state index >= 15 is 0 Å². The van der Waals surface area contributed by atoms with Gasteiger partial charge < -0.3 is 10.1 Å². The van der Waals surface area contributed by atoms with Crippen molar-refractivity contribution < 1.29 is 9.53 Å². The lowest BCUT2D eigenvalue weighted by molar-refractivity contribution is 0.170. The number of aromatic nitrogens is 3. The standard InChI is InChI=1S/C11H12N4O2/c1-17-11(16)12-7-10-8-13-14-15(10)9-5-3-2-4-6-9/h2-6,8H,7H2,1H3,(H,12,16). The van der Waals surface area contributed by atoms with Gasteiger partial charge in [-0.15, -0.1) is 5.10 Å². The van der Waals surface area contributed by atoms with Crippen LogP contribution in [0.2, 0.25) is 0 Å². The number of hydrogen-bond acceptors (Lipinski definition) is 4. The highest BCUT2D eigenvalue weighted by atomic mass is 16.5. The summed E-state index contributed by atoms with van der Waals surface area (Å²) in [6.07, 6.45) is 1.12. The summed E-state index contributed by atoms with van der Waals surface area (Å²) in [5, 5.41) is 10.4. The zero-order valence-corrected chi connectivity index (χ0v) is 9.33. The normalized spacial score (nSPS) is 9.94. The number of nitrogens with one attached hydrogen (secondary N) is 1. The van der Waals surface area contributed by atoms with Crippen molar-refractivity contribution in [2.24, 2.45) is 0 Å². The number of para-hydroxylation sites is 1. The van der Waals surface area contributed by atoms with E-state index < -0.39 is 6.09 Å². The summed E-state index contributed by atoms with van der Waals surface area (Å²) < 4.78 is 6.16. The third kappa shape index (κ3) is 2.60. The minimum Gasteiger partial charge on any atom is -0.453 e. The maximum Gasteiger partial charge on any atom is 0.407 e. The highest BCUT2D eigenvalue weighted by Crippen LogP contribution is 2.08. The topological polar surface area (TPSA) is 69.0 Å². The van der Waals surface area contributed by atoms with Gasteiger partial charge in [-0.3, -0.25) is 0 Å². The van der Waals surface area contributed by atoms with Crippen molar-refractivity contribution in [3.8, 4) is 5.69 Å². The second kappa shape index (κ2) is 5.11. The molecule has 1 amide bonds. The smallest absolute Gasteiger partial charge is 0.407 e. The molecule has 2 aromatic rings. The zero-order chi connectivity index (χ0) is 12.1. The lowest BCUT2D eigenvalue weighted by Crippen LogP contribution is -2.23. The fraction of sp³-hybridized carbons (Fsp3) is 0.182. The molecule has 0 aliphatic heterocycles. The molecule has 1 aromatic heterocycles. The Balaban J connectivity index is 2.15. The van der Waals surface area contributed by atoms with Gasteiger partial charge in [0.15, 0.2) is 0 Å². The fourth-order valence-electron chi connectivity index (χ4n) is 1.40. The van der Waals surface area contributed by atoms with Gasteiger partial charge in [-0.1, -0.05) is 23.4 Å². The van der Waals surface area contributed by atoms with Crippen LogP contribution in [0, 0.1) is 0 Å². The number of nitrogens with zero attached hydrogens (tertiary/aromatic N) is 3. The first-order chi connectivity index (χ1) is 8.31. The molecule has 0 bridgehead atoms. The molecule has 0 radical (unpaired) electrons. The molecule has 0 aliphatic carbocycles. The van der Waals surface area contributed by atoms with Crippen molar-refractivity contribution in [3.05, 3.63) is 42.2 Å². The van der Waals surface area contributed by atoms with Gasteiger partial charge in [0, 0.05) is 0 Å². The first-order valence-corrected chi connectivity index (χ1v) is 5.08. The Morgan fingerprint density at radius 1 is 1.41 bits per heavy atom. The van der Waals surface area contributed by atoms with Crippen LogP contribution in [0.25, 0.3) is 5.69 Å². The molecule has 6 heteroatoms. The molecule has 0 spiro atoms. The molecule has 0 saturated carbocycles.